The van der Waals surface area contributed by atoms with Crippen LogP contribution in [0.5, 0.6) is 0 Å². The van der Waals surface area contributed by atoms with Crippen molar-refractivity contribution < 1.29 is 53.1 Å². The first kappa shape index (κ1) is 35.9. The van der Waals surface area contributed by atoms with Gasteiger partial charge in [-0.15, -0.1) is 6.58 Å². The maximum atomic E-state index is 14.7. The third-order valence-electron chi connectivity index (χ3n) is 11.2. The molecule has 0 saturated heterocycles. The highest BCUT2D eigenvalue weighted by Gasteiger charge is 2.78. The minimum Gasteiger partial charge on any atom is -0.459 e. The summed E-state index contributed by atoms with van der Waals surface area (Å²) < 4.78 is 23.9. The molecular formula is C38H44O11. The summed E-state index contributed by atoms with van der Waals surface area (Å²) in [6.45, 7) is 12.9. The van der Waals surface area contributed by atoms with Crippen LogP contribution in [0.3, 0.4) is 0 Å². The van der Waals surface area contributed by atoms with Crippen molar-refractivity contribution in [1.29, 1.82) is 0 Å². The third kappa shape index (κ3) is 5.86. The van der Waals surface area contributed by atoms with Gasteiger partial charge in [0, 0.05) is 31.6 Å². The minimum absolute atomic E-state index is 0.128. The molecule has 3 aliphatic rings. The summed E-state index contributed by atoms with van der Waals surface area (Å²) in [5.74, 6) is -5.99. The number of fused-ring (bicyclic) bond motifs is 3. The molecule has 3 saturated carbocycles. The standard InChI is InChI=1S/C38H44O11/c1-8-36(6)20-25(48-32(42)23-15-11-9-12-16-23)29-37(7)26(19-27(46-21(2)39)38(29,45)34(36)44)35(4,5)30(41)28(47-22(3)40)31(37)49-33(43)24-17-13-10-14-18-24/h8-18,25-31,41,45H,1,19-20H2,2-7H3/t25-,26+,27-,28-,29-,30-,31+,36+,37+,38+/m1/s1. The number of benzene rings is 2. The van der Waals surface area contributed by atoms with Gasteiger partial charge in [0.1, 0.15) is 24.4 Å². The van der Waals surface area contributed by atoms with Crippen LogP contribution in [-0.2, 0) is 33.3 Å². The maximum Gasteiger partial charge on any atom is 0.338 e. The van der Waals surface area contributed by atoms with Gasteiger partial charge in [-0.2, -0.15) is 0 Å². The quantitative estimate of drug-likeness (QED) is 0.245. The smallest absolute Gasteiger partial charge is 0.338 e. The number of ether oxygens (including phenoxy) is 4. The molecule has 49 heavy (non-hydrogen) atoms. The second kappa shape index (κ2) is 12.8. The number of carbonyl (C=O) groups is 5. The Hall–Kier alpha value is -4.35. The Morgan fingerprint density at radius 3 is 1.82 bits per heavy atom. The van der Waals surface area contributed by atoms with Crippen LogP contribution in [0.15, 0.2) is 73.3 Å². The number of esters is 4. The lowest BCUT2D eigenvalue weighted by atomic mass is 9.38. The lowest BCUT2D eigenvalue weighted by Gasteiger charge is -2.69. The molecule has 2 N–H and O–H groups in total. The van der Waals surface area contributed by atoms with Gasteiger partial charge in [0.15, 0.2) is 17.5 Å². The lowest BCUT2D eigenvalue weighted by Crippen LogP contribution is -2.80. The summed E-state index contributed by atoms with van der Waals surface area (Å²) >= 11 is 0. The van der Waals surface area contributed by atoms with Gasteiger partial charge in [0.05, 0.1) is 16.5 Å². The highest BCUT2D eigenvalue weighted by Crippen LogP contribution is 2.67. The molecule has 10 atom stereocenters. The zero-order valence-electron chi connectivity index (χ0n) is 28.6. The van der Waals surface area contributed by atoms with Crippen LogP contribution in [0.4, 0.5) is 0 Å². The molecule has 262 valence electrons. The van der Waals surface area contributed by atoms with Crippen LogP contribution in [0.2, 0.25) is 0 Å². The summed E-state index contributed by atoms with van der Waals surface area (Å²) in [7, 11) is 0. The predicted molar refractivity (Wildman–Crippen MR) is 175 cm³/mol. The number of hydrogen-bond acceptors (Lipinski definition) is 11. The van der Waals surface area contributed by atoms with E-state index in [1.165, 1.54) is 18.2 Å². The van der Waals surface area contributed by atoms with Crippen LogP contribution in [-0.4, -0.2) is 76.0 Å². The zero-order valence-corrected chi connectivity index (χ0v) is 28.6. The average molecular weight is 677 g/mol. The monoisotopic (exact) mass is 676 g/mol. The largest absolute Gasteiger partial charge is 0.459 e. The van der Waals surface area contributed by atoms with Gasteiger partial charge in [-0.1, -0.05) is 63.2 Å². The SMILES string of the molecule is C=C[C@@]1(C)C[C@@H](OC(=O)c2ccccc2)[C@H]2[C@](O)(C1=O)[C@H](OC(C)=O)C[C@H]1C(C)(C)[C@H](O)[C@@H](OC(C)=O)[C@H](OC(=O)c3ccccc3)[C@@]12C. The molecule has 11 heteroatoms. The molecule has 0 heterocycles. The molecule has 2 aromatic carbocycles. The molecule has 0 amide bonds. The van der Waals surface area contributed by atoms with Crippen molar-refractivity contribution in [3.8, 4) is 0 Å². The number of aliphatic hydroxyl groups is 2. The number of carbonyl (C=O) groups excluding carboxylic acids is 5. The normalized spacial score (nSPS) is 36.2. The van der Waals surface area contributed by atoms with Crippen LogP contribution in [0.1, 0.15) is 75.1 Å². The summed E-state index contributed by atoms with van der Waals surface area (Å²) in [6.07, 6.45) is -6.00. The van der Waals surface area contributed by atoms with Crippen molar-refractivity contribution in [2.24, 2.45) is 28.1 Å². The molecule has 5 rings (SSSR count). The Morgan fingerprint density at radius 1 is 0.816 bits per heavy atom. The Bertz CT molecular complexity index is 1640. The number of allylic oxidation sites excluding steroid dienone is 1. The molecule has 0 unspecified atom stereocenters. The third-order valence-corrected chi connectivity index (χ3v) is 11.2. The van der Waals surface area contributed by atoms with Crippen LogP contribution in [0, 0.1) is 28.1 Å². The van der Waals surface area contributed by atoms with Crippen molar-refractivity contribution >= 4 is 29.7 Å². The van der Waals surface area contributed by atoms with Crippen LogP contribution < -0.4 is 0 Å². The second-order valence-electron chi connectivity index (χ2n) is 14.6. The highest BCUT2D eigenvalue weighted by atomic mass is 16.6. The minimum atomic E-state index is -2.52. The van der Waals surface area contributed by atoms with E-state index in [4.69, 9.17) is 18.9 Å². The molecule has 3 fully saturated rings. The van der Waals surface area contributed by atoms with Gasteiger partial charge in [-0.3, -0.25) is 14.4 Å². The Labute approximate surface area is 285 Å². The number of hydrogen-bond donors (Lipinski definition) is 2. The Kier molecular flexibility index (Phi) is 9.42. The molecule has 0 aliphatic heterocycles. The van der Waals surface area contributed by atoms with Gasteiger partial charge < -0.3 is 29.2 Å². The maximum absolute atomic E-state index is 14.7. The van der Waals surface area contributed by atoms with E-state index in [2.05, 4.69) is 6.58 Å². The summed E-state index contributed by atoms with van der Waals surface area (Å²) in [5, 5.41) is 24.9. The zero-order chi connectivity index (χ0) is 36.1. The van der Waals surface area contributed by atoms with Gasteiger partial charge in [0.2, 0.25) is 0 Å². The van der Waals surface area contributed by atoms with Crippen molar-refractivity contribution in [3.63, 3.8) is 0 Å². The average Bonchev–Trinajstić information content (AvgIpc) is 3.05. The molecule has 2 aromatic rings. The lowest BCUT2D eigenvalue weighted by molar-refractivity contribution is -0.313. The second-order valence-corrected chi connectivity index (χ2v) is 14.6. The van der Waals surface area contributed by atoms with Crippen molar-refractivity contribution in [2.45, 2.75) is 90.5 Å². The Balaban J connectivity index is 1.79. The van der Waals surface area contributed by atoms with Gasteiger partial charge >= 0.3 is 23.9 Å². The summed E-state index contributed by atoms with van der Waals surface area (Å²) in [6, 6.07) is 16.2. The van der Waals surface area contributed by atoms with Gasteiger partial charge in [-0.05, 0) is 48.9 Å². The van der Waals surface area contributed by atoms with Crippen LogP contribution >= 0.6 is 0 Å². The van der Waals surface area contributed by atoms with E-state index < -0.39 is 93.9 Å². The van der Waals surface area contributed by atoms with Crippen molar-refractivity contribution in [1.82, 2.24) is 0 Å². The number of aliphatic hydroxyl groups excluding tert-OH is 1. The van der Waals surface area contributed by atoms with Crippen molar-refractivity contribution in [2.75, 3.05) is 0 Å². The van der Waals surface area contributed by atoms with E-state index in [-0.39, 0.29) is 24.0 Å². The molecule has 3 aliphatic carbocycles. The molecule has 0 radical (unpaired) electrons. The number of rotatable bonds is 7. The fraction of sp³-hybridized carbons (Fsp3) is 0.500. The molecular weight excluding hydrogens is 632 g/mol. The number of ketones is 1. The first-order chi connectivity index (χ1) is 22.9. The molecule has 0 aromatic heterocycles. The van der Waals surface area contributed by atoms with E-state index in [1.807, 2.05) is 0 Å². The van der Waals surface area contributed by atoms with Crippen molar-refractivity contribution in [3.05, 3.63) is 84.4 Å². The summed E-state index contributed by atoms with van der Waals surface area (Å²) in [5.41, 5.74) is -6.32. The van der Waals surface area contributed by atoms with Gasteiger partial charge in [0.25, 0.3) is 0 Å². The van der Waals surface area contributed by atoms with E-state index >= 15 is 0 Å². The van der Waals surface area contributed by atoms with E-state index in [1.54, 1.807) is 76.2 Å². The molecule has 11 nitrogen and oxygen atoms in total. The number of Topliss-reactive ketones (excluding diaryl/α,β-unsaturated/α-hetero) is 1. The summed E-state index contributed by atoms with van der Waals surface area (Å²) in [4.78, 5) is 67.4. The van der Waals surface area contributed by atoms with Gasteiger partial charge in [-0.25, -0.2) is 9.59 Å². The first-order valence-electron chi connectivity index (χ1n) is 16.4. The van der Waals surface area contributed by atoms with E-state index in [0.29, 0.717) is 0 Å². The fourth-order valence-corrected chi connectivity index (χ4v) is 8.90. The topological polar surface area (TPSA) is 163 Å². The Morgan fingerprint density at radius 2 is 1.33 bits per heavy atom. The fourth-order valence-electron chi connectivity index (χ4n) is 8.90. The highest BCUT2D eigenvalue weighted by molar-refractivity contribution is 5.97. The molecule has 0 spiro atoms. The van der Waals surface area contributed by atoms with E-state index in [0.717, 1.165) is 13.8 Å². The van der Waals surface area contributed by atoms with Crippen LogP contribution in [0.25, 0.3) is 0 Å². The predicted octanol–water partition coefficient (Wildman–Crippen LogP) is 4.24. The van der Waals surface area contributed by atoms with E-state index in [9.17, 15) is 34.2 Å². The molecule has 0 bridgehead atoms. The first-order valence-corrected chi connectivity index (χ1v) is 16.4.